The Bertz CT molecular complexity index is 372. The molecule has 1 fully saturated rings. The number of hydrogen-bond acceptors (Lipinski definition) is 2. The van der Waals surface area contributed by atoms with Gasteiger partial charge in [0.2, 0.25) is 0 Å². The minimum atomic E-state index is -4.63. The van der Waals surface area contributed by atoms with E-state index in [0.29, 0.717) is 0 Å². The molecule has 0 saturated carbocycles. The molecule has 0 bridgehead atoms. The van der Waals surface area contributed by atoms with E-state index in [1.807, 2.05) is 6.07 Å². The van der Waals surface area contributed by atoms with Crippen LogP contribution in [0.1, 0.15) is 18.4 Å². The van der Waals surface area contributed by atoms with Crippen LogP contribution in [0.3, 0.4) is 0 Å². The Hall–Kier alpha value is -1.23. The normalized spacial score (nSPS) is 18.1. The number of alkyl halides is 3. The molecule has 2 nitrogen and oxygen atoms in total. The molecule has 0 atom stereocenters. The molecule has 1 aromatic carbocycles. The summed E-state index contributed by atoms with van der Waals surface area (Å²) in [4.78, 5) is 0. The lowest BCUT2D eigenvalue weighted by atomic mass is 9.90. The SMILES string of the molecule is FC(F)(F)Oc1cccc([C]2CCNCC2)c1. The molecule has 1 saturated heterocycles. The van der Waals surface area contributed by atoms with E-state index in [-0.39, 0.29) is 5.75 Å². The Morgan fingerprint density at radius 2 is 1.82 bits per heavy atom. The van der Waals surface area contributed by atoms with Crippen molar-refractivity contribution in [3.05, 3.63) is 35.7 Å². The molecule has 1 aliphatic rings. The van der Waals surface area contributed by atoms with Gasteiger partial charge in [-0.15, -0.1) is 13.2 Å². The first-order valence-corrected chi connectivity index (χ1v) is 5.46. The quantitative estimate of drug-likeness (QED) is 0.863. The molecule has 0 amide bonds. The van der Waals surface area contributed by atoms with E-state index in [9.17, 15) is 13.2 Å². The predicted octanol–water partition coefficient (Wildman–Crippen LogP) is 2.89. The number of hydrogen-bond donors (Lipinski definition) is 1. The minimum absolute atomic E-state index is 0.152. The fraction of sp³-hybridized carbons (Fsp3) is 0.417. The summed E-state index contributed by atoms with van der Waals surface area (Å²) in [6.07, 6.45) is -2.89. The fourth-order valence-corrected chi connectivity index (χ4v) is 1.93. The standard InChI is InChI=1S/C12H13F3NO/c13-12(14,15)17-11-3-1-2-10(8-11)9-4-6-16-7-5-9/h1-3,8,16H,4-7H2. The molecule has 17 heavy (non-hydrogen) atoms. The second-order valence-electron chi connectivity index (χ2n) is 3.93. The topological polar surface area (TPSA) is 21.3 Å². The van der Waals surface area contributed by atoms with Gasteiger partial charge in [0.15, 0.2) is 0 Å². The molecular formula is C12H13F3NO. The maximum absolute atomic E-state index is 12.1. The Morgan fingerprint density at radius 1 is 1.12 bits per heavy atom. The van der Waals surface area contributed by atoms with E-state index in [2.05, 4.69) is 10.1 Å². The summed E-state index contributed by atoms with van der Waals surface area (Å²) >= 11 is 0. The van der Waals surface area contributed by atoms with Gasteiger partial charge in [0, 0.05) is 5.92 Å². The first kappa shape index (κ1) is 12.2. The lowest BCUT2D eigenvalue weighted by Crippen LogP contribution is -2.27. The summed E-state index contributed by atoms with van der Waals surface area (Å²) < 4.78 is 40.1. The largest absolute Gasteiger partial charge is 0.573 e. The van der Waals surface area contributed by atoms with Crippen LogP contribution in [-0.2, 0) is 0 Å². The molecule has 1 aliphatic heterocycles. The third-order valence-corrected chi connectivity index (χ3v) is 2.68. The second-order valence-corrected chi connectivity index (χ2v) is 3.93. The molecule has 0 unspecified atom stereocenters. The van der Waals surface area contributed by atoms with Gasteiger partial charge in [0.1, 0.15) is 5.75 Å². The zero-order chi connectivity index (χ0) is 12.3. The molecule has 93 valence electrons. The van der Waals surface area contributed by atoms with Crippen LogP contribution in [0.4, 0.5) is 13.2 Å². The zero-order valence-electron chi connectivity index (χ0n) is 9.18. The van der Waals surface area contributed by atoms with Crippen LogP contribution < -0.4 is 10.1 Å². The third kappa shape index (κ3) is 3.63. The van der Waals surface area contributed by atoms with Crippen LogP contribution in [0.25, 0.3) is 0 Å². The monoisotopic (exact) mass is 244 g/mol. The molecule has 1 N–H and O–H groups in total. The van der Waals surface area contributed by atoms with E-state index in [1.165, 1.54) is 18.1 Å². The molecule has 5 heteroatoms. The van der Waals surface area contributed by atoms with Crippen LogP contribution in [0.15, 0.2) is 24.3 Å². The highest BCUT2D eigenvalue weighted by atomic mass is 19.4. The Morgan fingerprint density at radius 3 is 2.47 bits per heavy atom. The number of halogens is 3. The summed E-state index contributed by atoms with van der Waals surface area (Å²) in [5.41, 5.74) is 0.841. The van der Waals surface area contributed by atoms with E-state index in [0.717, 1.165) is 31.5 Å². The third-order valence-electron chi connectivity index (χ3n) is 2.68. The molecule has 0 aromatic heterocycles. The lowest BCUT2D eigenvalue weighted by Gasteiger charge is -2.22. The Kier molecular flexibility index (Phi) is 3.57. The first-order chi connectivity index (χ1) is 8.04. The molecule has 0 spiro atoms. The predicted molar refractivity (Wildman–Crippen MR) is 57.6 cm³/mol. The van der Waals surface area contributed by atoms with Crippen molar-refractivity contribution >= 4 is 0 Å². The van der Waals surface area contributed by atoms with E-state index in [1.54, 1.807) is 6.07 Å². The summed E-state index contributed by atoms with van der Waals surface area (Å²) in [5, 5.41) is 3.21. The number of nitrogens with one attached hydrogen (secondary N) is 1. The fourth-order valence-electron chi connectivity index (χ4n) is 1.93. The van der Waals surface area contributed by atoms with E-state index >= 15 is 0 Å². The molecular weight excluding hydrogens is 231 g/mol. The van der Waals surface area contributed by atoms with Gasteiger partial charge in [-0.2, -0.15) is 0 Å². The Balaban J connectivity index is 2.10. The second kappa shape index (κ2) is 4.96. The van der Waals surface area contributed by atoms with Gasteiger partial charge in [0.25, 0.3) is 0 Å². The van der Waals surface area contributed by atoms with Crippen molar-refractivity contribution in [1.82, 2.24) is 5.32 Å². The first-order valence-electron chi connectivity index (χ1n) is 5.46. The molecule has 0 aliphatic carbocycles. The summed E-state index contributed by atoms with van der Waals surface area (Å²) in [5.74, 6) is 1.03. The van der Waals surface area contributed by atoms with Crippen molar-refractivity contribution in [2.24, 2.45) is 0 Å². The highest BCUT2D eigenvalue weighted by molar-refractivity contribution is 5.38. The summed E-state index contributed by atoms with van der Waals surface area (Å²) in [6, 6.07) is 6.18. The lowest BCUT2D eigenvalue weighted by molar-refractivity contribution is -0.274. The Labute approximate surface area is 97.8 Å². The van der Waals surface area contributed by atoms with E-state index in [4.69, 9.17) is 0 Å². The van der Waals surface area contributed by atoms with Gasteiger partial charge in [0.05, 0.1) is 0 Å². The zero-order valence-corrected chi connectivity index (χ0v) is 9.18. The highest BCUT2D eigenvalue weighted by Gasteiger charge is 2.31. The molecule has 1 heterocycles. The van der Waals surface area contributed by atoms with Crippen LogP contribution in [0.2, 0.25) is 0 Å². The van der Waals surface area contributed by atoms with Gasteiger partial charge < -0.3 is 10.1 Å². The average Bonchev–Trinajstić information content (AvgIpc) is 2.28. The number of rotatable bonds is 2. The van der Waals surface area contributed by atoms with Crippen molar-refractivity contribution in [2.75, 3.05) is 13.1 Å². The summed E-state index contributed by atoms with van der Waals surface area (Å²) in [6.45, 7) is 1.75. The maximum Gasteiger partial charge on any atom is 0.573 e. The smallest absolute Gasteiger partial charge is 0.406 e. The van der Waals surface area contributed by atoms with Gasteiger partial charge in [-0.3, -0.25) is 0 Å². The number of ether oxygens (including phenoxy) is 1. The van der Waals surface area contributed by atoms with Crippen LogP contribution >= 0.6 is 0 Å². The van der Waals surface area contributed by atoms with Crippen LogP contribution in [-0.4, -0.2) is 19.5 Å². The van der Waals surface area contributed by atoms with Gasteiger partial charge in [-0.1, -0.05) is 12.1 Å². The molecule has 2 rings (SSSR count). The molecule has 1 radical (unpaired) electrons. The highest BCUT2D eigenvalue weighted by Crippen LogP contribution is 2.29. The number of benzene rings is 1. The average molecular weight is 244 g/mol. The van der Waals surface area contributed by atoms with Crippen molar-refractivity contribution < 1.29 is 17.9 Å². The maximum atomic E-state index is 12.1. The van der Waals surface area contributed by atoms with Crippen molar-refractivity contribution in [3.8, 4) is 5.75 Å². The van der Waals surface area contributed by atoms with Crippen molar-refractivity contribution in [2.45, 2.75) is 19.2 Å². The molecule has 1 aromatic rings. The van der Waals surface area contributed by atoms with Crippen molar-refractivity contribution in [3.63, 3.8) is 0 Å². The van der Waals surface area contributed by atoms with E-state index < -0.39 is 6.36 Å². The van der Waals surface area contributed by atoms with Crippen LogP contribution in [0, 0.1) is 5.92 Å². The van der Waals surface area contributed by atoms with Gasteiger partial charge >= 0.3 is 6.36 Å². The van der Waals surface area contributed by atoms with Crippen LogP contribution in [0.5, 0.6) is 5.75 Å². The number of piperidine rings is 1. The minimum Gasteiger partial charge on any atom is -0.406 e. The summed E-state index contributed by atoms with van der Waals surface area (Å²) in [7, 11) is 0. The van der Waals surface area contributed by atoms with Crippen molar-refractivity contribution in [1.29, 1.82) is 0 Å². The van der Waals surface area contributed by atoms with Gasteiger partial charge in [-0.25, -0.2) is 0 Å². The van der Waals surface area contributed by atoms with Gasteiger partial charge in [-0.05, 0) is 43.6 Å².